The number of carbonyl (C=O) groups is 3. The second-order valence-electron chi connectivity index (χ2n) is 23.4. The van der Waals surface area contributed by atoms with Crippen molar-refractivity contribution in [2.45, 2.75) is 354 Å². The molecule has 0 saturated heterocycles. The average Bonchev–Trinajstić information content (AvgIpc) is 3.47. The van der Waals surface area contributed by atoms with E-state index < -0.39 is 6.10 Å². The fourth-order valence-corrected chi connectivity index (χ4v) is 10.1. The highest BCUT2D eigenvalue weighted by atomic mass is 16.6. The molecule has 0 radical (unpaired) electrons. The van der Waals surface area contributed by atoms with Gasteiger partial charge in [0.05, 0.1) is 0 Å². The maximum atomic E-state index is 12.9. The van der Waals surface area contributed by atoms with Crippen molar-refractivity contribution in [1.29, 1.82) is 0 Å². The number of rotatable bonds is 64. The van der Waals surface area contributed by atoms with Crippen LogP contribution in [-0.4, -0.2) is 37.2 Å². The fourth-order valence-electron chi connectivity index (χ4n) is 10.1. The van der Waals surface area contributed by atoms with Gasteiger partial charge in [-0.15, -0.1) is 0 Å². The van der Waals surface area contributed by atoms with Gasteiger partial charge < -0.3 is 14.2 Å². The third-order valence-corrected chi connectivity index (χ3v) is 15.3. The molecule has 0 saturated carbocycles. The lowest BCUT2D eigenvalue weighted by atomic mass is 10.0. The van der Waals surface area contributed by atoms with Gasteiger partial charge in [0.1, 0.15) is 13.2 Å². The molecule has 0 aromatic heterocycles. The maximum Gasteiger partial charge on any atom is 0.306 e. The van der Waals surface area contributed by atoms with Crippen LogP contribution < -0.4 is 0 Å². The number of unbranched alkanes of at least 4 members (excludes halogenated alkanes) is 37. The lowest BCUT2D eigenvalue weighted by Gasteiger charge is -2.18. The van der Waals surface area contributed by atoms with Gasteiger partial charge in [-0.1, -0.05) is 323 Å². The van der Waals surface area contributed by atoms with Gasteiger partial charge in [0.25, 0.3) is 0 Å². The van der Waals surface area contributed by atoms with Crippen LogP contribution in [-0.2, 0) is 28.6 Å². The molecule has 0 aliphatic heterocycles. The molecular weight excluding hydrogens is 1010 g/mol. The molecule has 1 unspecified atom stereocenters. The topological polar surface area (TPSA) is 78.9 Å². The van der Waals surface area contributed by atoms with Crippen molar-refractivity contribution < 1.29 is 28.6 Å². The Morgan fingerprint density at radius 2 is 0.476 bits per heavy atom. The highest BCUT2D eigenvalue weighted by molar-refractivity contribution is 5.71. The van der Waals surface area contributed by atoms with E-state index in [1.54, 1.807) is 0 Å². The molecule has 0 heterocycles. The molecular formula is C76H132O6. The lowest BCUT2D eigenvalue weighted by molar-refractivity contribution is -0.167. The molecule has 0 spiro atoms. The number of hydrogen-bond donors (Lipinski definition) is 0. The first-order chi connectivity index (χ1) is 40.5. The third-order valence-electron chi connectivity index (χ3n) is 15.3. The molecule has 0 fully saturated rings. The van der Waals surface area contributed by atoms with Crippen LogP contribution in [0.25, 0.3) is 0 Å². The second kappa shape index (κ2) is 69.8. The van der Waals surface area contributed by atoms with Gasteiger partial charge in [-0.25, -0.2) is 0 Å². The van der Waals surface area contributed by atoms with Crippen LogP contribution in [0.1, 0.15) is 348 Å². The van der Waals surface area contributed by atoms with E-state index >= 15 is 0 Å². The van der Waals surface area contributed by atoms with E-state index in [0.29, 0.717) is 19.3 Å². The third kappa shape index (κ3) is 67.1. The van der Waals surface area contributed by atoms with Gasteiger partial charge in [-0.05, 0) is 103 Å². The SMILES string of the molecule is CC/C=C\C/C=C\C/C=C\C/C=C\C/C=C\C/C=C\C/C=C\CCCCCCCCCCCCCC(=O)OCC(COC(=O)CCCCCCCCCCCCCCCC)OC(=O)CCCCCCCCC/C=C\CCCCCCCC. The first kappa shape index (κ1) is 78.3. The molecule has 0 aromatic rings. The van der Waals surface area contributed by atoms with Crippen LogP contribution in [0.2, 0.25) is 0 Å². The zero-order chi connectivity index (χ0) is 59.2. The summed E-state index contributed by atoms with van der Waals surface area (Å²) in [5.74, 6) is -0.865. The molecule has 0 bridgehead atoms. The maximum absolute atomic E-state index is 12.9. The quantitative estimate of drug-likeness (QED) is 0.0261. The van der Waals surface area contributed by atoms with Crippen LogP contribution >= 0.6 is 0 Å². The Kier molecular flexibility index (Phi) is 66.7. The fraction of sp³-hybridized carbons (Fsp3) is 0.750. The monoisotopic (exact) mass is 1140 g/mol. The Morgan fingerprint density at radius 1 is 0.256 bits per heavy atom. The van der Waals surface area contributed by atoms with E-state index in [4.69, 9.17) is 14.2 Å². The van der Waals surface area contributed by atoms with Gasteiger partial charge >= 0.3 is 17.9 Å². The normalized spacial score (nSPS) is 12.7. The Bertz CT molecular complexity index is 1590. The summed E-state index contributed by atoms with van der Waals surface area (Å²) in [4.78, 5) is 38.4. The number of esters is 3. The highest BCUT2D eigenvalue weighted by Gasteiger charge is 2.19. The second-order valence-corrected chi connectivity index (χ2v) is 23.4. The van der Waals surface area contributed by atoms with Gasteiger partial charge in [0.2, 0.25) is 0 Å². The van der Waals surface area contributed by atoms with E-state index in [1.807, 2.05) is 0 Å². The van der Waals surface area contributed by atoms with Crippen LogP contribution in [0.3, 0.4) is 0 Å². The Balaban J connectivity index is 4.24. The average molecular weight is 1140 g/mol. The summed E-state index contributed by atoms with van der Waals surface area (Å²) in [6.07, 6.45) is 94.3. The Morgan fingerprint density at radius 3 is 0.756 bits per heavy atom. The number of allylic oxidation sites excluding steroid dienone is 16. The molecule has 0 aromatic carbocycles. The van der Waals surface area contributed by atoms with E-state index in [-0.39, 0.29) is 31.1 Å². The minimum Gasteiger partial charge on any atom is -0.462 e. The van der Waals surface area contributed by atoms with Crippen molar-refractivity contribution in [3.8, 4) is 0 Å². The molecule has 0 N–H and O–H groups in total. The summed E-state index contributed by atoms with van der Waals surface area (Å²) in [7, 11) is 0. The smallest absolute Gasteiger partial charge is 0.306 e. The summed E-state index contributed by atoms with van der Waals surface area (Å²) in [5, 5.41) is 0. The summed E-state index contributed by atoms with van der Waals surface area (Å²) in [6.45, 7) is 6.56. The van der Waals surface area contributed by atoms with Gasteiger partial charge in [0, 0.05) is 19.3 Å². The predicted octanol–water partition coefficient (Wildman–Crippen LogP) is 24.4. The Hall–Kier alpha value is -3.67. The molecule has 0 aliphatic carbocycles. The molecule has 0 amide bonds. The van der Waals surface area contributed by atoms with Crippen molar-refractivity contribution >= 4 is 17.9 Å². The molecule has 0 rings (SSSR count). The molecule has 82 heavy (non-hydrogen) atoms. The number of carbonyl (C=O) groups excluding carboxylic acids is 3. The zero-order valence-electron chi connectivity index (χ0n) is 54.2. The largest absolute Gasteiger partial charge is 0.462 e. The van der Waals surface area contributed by atoms with Crippen LogP contribution in [0.5, 0.6) is 0 Å². The first-order valence-corrected chi connectivity index (χ1v) is 35.2. The van der Waals surface area contributed by atoms with E-state index in [2.05, 4.69) is 118 Å². The molecule has 0 aliphatic rings. The van der Waals surface area contributed by atoms with Gasteiger partial charge in [-0.2, -0.15) is 0 Å². The summed E-state index contributed by atoms with van der Waals surface area (Å²) in [5.41, 5.74) is 0. The van der Waals surface area contributed by atoms with Crippen molar-refractivity contribution in [1.82, 2.24) is 0 Å². The van der Waals surface area contributed by atoms with Crippen molar-refractivity contribution in [3.05, 3.63) is 97.2 Å². The van der Waals surface area contributed by atoms with Gasteiger partial charge in [0.15, 0.2) is 6.10 Å². The zero-order valence-corrected chi connectivity index (χ0v) is 54.2. The number of hydrogen-bond acceptors (Lipinski definition) is 6. The summed E-state index contributed by atoms with van der Waals surface area (Å²) >= 11 is 0. The Labute approximate surface area is 508 Å². The van der Waals surface area contributed by atoms with E-state index in [9.17, 15) is 14.4 Å². The van der Waals surface area contributed by atoms with Crippen molar-refractivity contribution in [3.63, 3.8) is 0 Å². The minimum atomic E-state index is -0.780. The van der Waals surface area contributed by atoms with Crippen LogP contribution in [0.15, 0.2) is 97.2 Å². The highest BCUT2D eigenvalue weighted by Crippen LogP contribution is 2.17. The summed E-state index contributed by atoms with van der Waals surface area (Å²) < 4.78 is 17.0. The lowest BCUT2D eigenvalue weighted by Crippen LogP contribution is -2.30. The van der Waals surface area contributed by atoms with Crippen LogP contribution in [0.4, 0.5) is 0 Å². The molecule has 6 heteroatoms. The first-order valence-electron chi connectivity index (χ1n) is 35.2. The van der Waals surface area contributed by atoms with Crippen molar-refractivity contribution in [2.75, 3.05) is 13.2 Å². The van der Waals surface area contributed by atoms with E-state index in [0.717, 1.165) is 103 Å². The molecule has 472 valence electrons. The minimum absolute atomic E-state index is 0.0750. The number of ether oxygens (including phenoxy) is 3. The summed E-state index contributed by atoms with van der Waals surface area (Å²) in [6, 6.07) is 0. The molecule has 1 atom stereocenters. The predicted molar refractivity (Wildman–Crippen MR) is 357 cm³/mol. The van der Waals surface area contributed by atoms with Crippen LogP contribution in [0, 0.1) is 0 Å². The van der Waals surface area contributed by atoms with Crippen molar-refractivity contribution in [2.24, 2.45) is 0 Å². The van der Waals surface area contributed by atoms with E-state index in [1.165, 1.54) is 205 Å². The standard InChI is InChI=1S/C76H132O6/c1-4-7-10-13-16-19-22-25-28-30-31-32-33-34-35-36-37-38-39-40-41-42-43-44-45-47-48-51-54-57-60-63-66-69-75(78)81-72-73(71-80-74(77)68-65-62-59-56-53-50-27-24-21-18-15-12-9-6-3)82-76(79)70-67-64-61-58-55-52-49-46-29-26-23-20-17-14-11-8-5-2/h7,10,16,19,25-26,28-29,31-32,34-35,37-38,40-41,73H,4-6,8-9,11-15,17-18,20-24,27,30,33,36,39,42-72H2,1-3H3/b10-7-,19-16-,28-25-,29-26-,32-31-,35-34-,38-37-,41-40-. The van der Waals surface area contributed by atoms with Gasteiger partial charge in [-0.3, -0.25) is 14.4 Å². The molecule has 6 nitrogen and oxygen atoms in total.